The van der Waals surface area contributed by atoms with Gasteiger partial charge >= 0.3 is 0 Å². The summed E-state index contributed by atoms with van der Waals surface area (Å²) in [6.45, 7) is 4.17. The van der Waals surface area contributed by atoms with Crippen molar-refractivity contribution in [3.05, 3.63) is 47.0 Å². The molecule has 0 spiro atoms. The van der Waals surface area contributed by atoms with Crippen LogP contribution in [0.5, 0.6) is 5.75 Å². The third-order valence-corrected chi connectivity index (χ3v) is 5.13. The van der Waals surface area contributed by atoms with Gasteiger partial charge < -0.3 is 10.1 Å². The van der Waals surface area contributed by atoms with Crippen LogP contribution in [0.1, 0.15) is 32.3 Å². The van der Waals surface area contributed by atoms with Crippen LogP contribution in [0.4, 0.5) is 5.00 Å². The van der Waals surface area contributed by atoms with Crippen LogP contribution in [0.15, 0.2) is 41.4 Å². The van der Waals surface area contributed by atoms with Crippen molar-refractivity contribution < 1.29 is 9.53 Å². The highest BCUT2D eigenvalue weighted by Crippen LogP contribution is 2.39. The lowest BCUT2D eigenvalue weighted by Gasteiger charge is -2.29. The molecule has 0 saturated carbocycles. The maximum Gasteiger partial charge on any atom is 0.157 e. The summed E-state index contributed by atoms with van der Waals surface area (Å²) >= 11 is 1.48. The number of nitrogens with zero attached hydrogens (tertiary/aromatic N) is 1. The highest BCUT2D eigenvalue weighted by Gasteiger charge is 2.28. The number of hydrogen-bond acceptors (Lipinski definition) is 5. The summed E-state index contributed by atoms with van der Waals surface area (Å²) < 4.78 is 5.18. The number of ether oxygens (including phenoxy) is 1. The third kappa shape index (κ3) is 3.75. The van der Waals surface area contributed by atoms with Crippen molar-refractivity contribution in [2.45, 2.75) is 26.7 Å². The smallest absolute Gasteiger partial charge is 0.157 e. The van der Waals surface area contributed by atoms with Crippen molar-refractivity contribution in [2.75, 3.05) is 12.4 Å². The number of nitriles is 1. The largest absolute Gasteiger partial charge is 0.497 e. The molecule has 0 atom stereocenters. The number of carbonyl (C=O) groups excluding carboxylic acids is 1. The summed E-state index contributed by atoms with van der Waals surface area (Å²) in [7, 11) is 1.63. The van der Waals surface area contributed by atoms with Gasteiger partial charge in [0.15, 0.2) is 5.78 Å². The average Bonchev–Trinajstić information content (AvgIpc) is 2.95. The van der Waals surface area contributed by atoms with Gasteiger partial charge in [0, 0.05) is 29.1 Å². The molecule has 0 bridgehead atoms. The van der Waals surface area contributed by atoms with Gasteiger partial charge in [0.05, 0.1) is 12.7 Å². The van der Waals surface area contributed by atoms with E-state index in [2.05, 4.69) is 25.2 Å². The first kappa shape index (κ1) is 17.2. The van der Waals surface area contributed by atoms with Gasteiger partial charge in [-0.1, -0.05) is 26.0 Å². The molecule has 2 aromatic rings. The van der Waals surface area contributed by atoms with Crippen LogP contribution in [0.2, 0.25) is 0 Å². The molecular weight excluding hydrogens is 332 g/mol. The Morgan fingerprint density at radius 2 is 1.96 bits per heavy atom. The van der Waals surface area contributed by atoms with Crippen LogP contribution < -0.4 is 10.1 Å². The normalized spacial score (nSPS) is 16.1. The molecule has 1 aromatic heterocycles. The molecular formula is C20H20N2O2S. The Morgan fingerprint density at radius 3 is 2.56 bits per heavy atom. The van der Waals surface area contributed by atoms with Gasteiger partial charge in [0.1, 0.15) is 16.8 Å². The summed E-state index contributed by atoms with van der Waals surface area (Å²) in [5.41, 5.74) is 3.28. The standard InChI is InChI=1S/C20H20N2O2S/c1-20(2)9-14(8-15(23)10-20)22-19-17(11-21)18(12-25-19)13-4-6-16(24-3)7-5-13/h4-8,12,22H,9-10H2,1-3H3. The van der Waals surface area contributed by atoms with E-state index in [1.807, 2.05) is 29.6 Å². The highest BCUT2D eigenvalue weighted by molar-refractivity contribution is 7.15. The Labute approximate surface area is 151 Å². The topological polar surface area (TPSA) is 62.1 Å². The average molecular weight is 352 g/mol. The Morgan fingerprint density at radius 1 is 1.24 bits per heavy atom. The zero-order chi connectivity index (χ0) is 18.0. The zero-order valence-corrected chi connectivity index (χ0v) is 15.4. The van der Waals surface area contributed by atoms with Gasteiger partial charge in [-0.15, -0.1) is 11.3 Å². The molecule has 25 heavy (non-hydrogen) atoms. The molecule has 1 aromatic carbocycles. The highest BCUT2D eigenvalue weighted by atomic mass is 32.1. The summed E-state index contributed by atoms with van der Waals surface area (Å²) in [5, 5.41) is 15.7. The second-order valence-electron chi connectivity index (χ2n) is 6.97. The summed E-state index contributed by atoms with van der Waals surface area (Å²) in [5.74, 6) is 0.910. The van der Waals surface area contributed by atoms with Crippen molar-refractivity contribution in [1.29, 1.82) is 5.26 Å². The number of methoxy groups -OCH3 is 1. The van der Waals surface area contributed by atoms with Gasteiger partial charge in [-0.3, -0.25) is 4.79 Å². The molecule has 128 valence electrons. The van der Waals surface area contributed by atoms with Crippen molar-refractivity contribution in [3.63, 3.8) is 0 Å². The van der Waals surface area contributed by atoms with Crippen molar-refractivity contribution in [3.8, 4) is 22.9 Å². The van der Waals surface area contributed by atoms with Crippen molar-refractivity contribution in [2.24, 2.45) is 5.41 Å². The first-order valence-electron chi connectivity index (χ1n) is 8.08. The fourth-order valence-electron chi connectivity index (χ4n) is 3.12. The van der Waals surface area contributed by atoms with E-state index in [-0.39, 0.29) is 11.2 Å². The van der Waals surface area contributed by atoms with Gasteiger partial charge in [-0.05, 0) is 29.5 Å². The van der Waals surface area contributed by atoms with Crippen LogP contribution in [0.3, 0.4) is 0 Å². The van der Waals surface area contributed by atoms with E-state index in [9.17, 15) is 10.1 Å². The molecule has 0 saturated heterocycles. The van der Waals surface area contributed by atoms with E-state index >= 15 is 0 Å². The van der Waals surface area contributed by atoms with Gasteiger partial charge in [0.2, 0.25) is 0 Å². The van der Waals surface area contributed by atoms with E-state index in [0.717, 1.165) is 34.0 Å². The van der Waals surface area contributed by atoms with E-state index in [4.69, 9.17) is 4.74 Å². The first-order chi connectivity index (χ1) is 11.9. The number of nitrogens with one attached hydrogen (secondary N) is 1. The minimum Gasteiger partial charge on any atom is -0.497 e. The lowest BCUT2D eigenvalue weighted by atomic mass is 9.79. The molecule has 5 heteroatoms. The number of thiophene rings is 1. The minimum absolute atomic E-state index is 0.0585. The summed E-state index contributed by atoms with van der Waals surface area (Å²) in [6.07, 6.45) is 3.02. The van der Waals surface area contributed by atoms with Crippen LogP contribution in [-0.4, -0.2) is 12.9 Å². The zero-order valence-electron chi connectivity index (χ0n) is 14.6. The molecule has 0 radical (unpaired) electrons. The van der Waals surface area contributed by atoms with Crippen LogP contribution in [0.25, 0.3) is 11.1 Å². The minimum atomic E-state index is -0.0585. The quantitative estimate of drug-likeness (QED) is 0.843. The van der Waals surface area contributed by atoms with Crippen LogP contribution in [0, 0.1) is 16.7 Å². The fraction of sp³-hybridized carbons (Fsp3) is 0.300. The maximum atomic E-state index is 11.9. The van der Waals surface area contributed by atoms with Gasteiger partial charge in [-0.2, -0.15) is 5.26 Å². The number of anilines is 1. The molecule has 4 nitrogen and oxygen atoms in total. The summed E-state index contributed by atoms with van der Waals surface area (Å²) in [6, 6.07) is 9.94. The molecule has 0 unspecified atom stereocenters. The fourth-order valence-corrected chi connectivity index (χ4v) is 4.07. The maximum absolute atomic E-state index is 11.9. The van der Waals surface area contributed by atoms with Gasteiger partial charge in [-0.25, -0.2) is 0 Å². The van der Waals surface area contributed by atoms with Crippen LogP contribution in [-0.2, 0) is 4.79 Å². The molecule has 1 aliphatic carbocycles. The number of hydrogen-bond donors (Lipinski definition) is 1. The molecule has 1 heterocycles. The van der Waals surface area contributed by atoms with E-state index in [1.165, 1.54) is 11.3 Å². The molecule has 0 fully saturated rings. The second-order valence-corrected chi connectivity index (χ2v) is 7.85. The monoisotopic (exact) mass is 352 g/mol. The Bertz CT molecular complexity index is 870. The van der Waals surface area contributed by atoms with E-state index in [0.29, 0.717) is 12.0 Å². The number of carbonyl (C=O) groups is 1. The Balaban J connectivity index is 1.90. The Hall–Kier alpha value is -2.58. The number of benzene rings is 1. The lowest BCUT2D eigenvalue weighted by Crippen LogP contribution is -2.24. The Kier molecular flexibility index (Phi) is 4.65. The number of ketones is 1. The van der Waals surface area contributed by atoms with E-state index < -0.39 is 0 Å². The van der Waals surface area contributed by atoms with Crippen molar-refractivity contribution in [1.82, 2.24) is 0 Å². The molecule has 3 rings (SSSR count). The lowest BCUT2D eigenvalue weighted by molar-refractivity contribution is -0.117. The van der Waals surface area contributed by atoms with Crippen LogP contribution >= 0.6 is 11.3 Å². The van der Waals surface area contributed by atoms with Gasteiger partial charge in [0.25, 0.3) is 0 Å². The summed E-state index contributed by atoms with van der Waals surface area (Å²) in [4.78, 5) is 11.9. The molecule has 0 aliphatic heterocycles. The van der Waals surface area contributed by atoms with Crippen molar-refractivity contribution >= 4 is 22.1 Å². The molecule has 1 aliphatic rings. The number of allylic oxidation sites excluding steroid dienone is 2. The van der Waals surface area contributed by atoms with E-state index in [1.54, 1.807) is 13.2 Å². The SMILES string of the molecule is COc1ccc(-c2csc(NC3=CC(=O)CC(C)(C)C3)c2C#N)cc1. The molecule has 1 N–H and O–H groups in total. The molecule has 0 amide bonds. The third-order valence-electron chi connectivity index (χ3n) is 4.23. The number of rotatable bonds is 4. The predicted molar refractivity (Wildman–Crippen MR) is 101 cm³/mol. The second kappa shape index (κ2) is 6.73. The first-order valence-corrected chi connectivity index (χ1v) is 8.96. The predicted octanol–water partition coefficient (Wildman–Crippen LogP) is 4.98.